The lowest BCUT2D eigenvalue weighted by molar-refractivity contribution is -0.0891. The van der Waals surface area contributed by atoms with Crippen LogP contribution in [0.3, 0.4) is 0 Å². The van der Waals surface area contributed by atoms with Gasteiger partial charge in [-0.1, -0.05) is 29.4 Å². The molecule has 0 radical (unpaired) electrons. The summed E-state index contributed by atoms with van der Waals surface area (Å²) < 4.78 is 38.4. The molecule has 0 unspecified atom stereocenters. The van der Waals surface area contributed by atoms with Gasteiger partial charge in [0.1, 0.15) is 0 Å². The molecule has 1 fully saturated rings. The van der Waals surface area contributed by atoms with Gasteiger partial charge in [-0.15, -0.1) is 0 Å². The molecule has 2 aromatic rings. The van der Waals surface area contributed by atoms with Crippen molar-refractivity contribution < 1.29 is 17.7 Å². The molecule has 7 nitrogen and oxygen atoms in total. The fourth-order valence-corrected chi connectivity index (χ4v) is 5.57. The number of aromatic nitrogens is 1. The lowest BCUT2D eigenvalue weighted by Crippen LogP contribution is -2.48. The summed E-state index contributed by atoms with van der Waals surface area (Å²) in [5.41, 5.74) is 7.79. The summed E-state index contributed by atoms with van der Waals surface area (Å²) >= 11 is 0. The van der Waals surface area contributed by atoms with E-state index in [1.54, 1.807) is 6.92 Å². The Morgan fingerprint density at radius 2 is 1.96 bits per heavy atom. The van der Waals surface area contributed by atoms with Crippen molar-refractivity contribution >= 4 is 15.8 Å². The predicted molar refractivity (Wildman–Crippen MR) is 91.4 cm³/mol. The van der Waals surface area contributed by atoms with Crippen LogP contribution in [0, 0.1) is 6.92 Å². The van der Waals surface area contributed by atoms with Crippen molar-refractivity contribution in [3.05, 3.63) is 41.2 Å². The van der Waals surface area contributed by atoms with Crippen LogP contribution in [0.25, 0.3) is 0 Å². The van der Waals surface area contributed by atoms with Crippen LogP contribution in [0.1, 0.15) is 29.7 Å². The van der Waals surface area contributed by atoms with Crippen molar-refractivity contribution in [1.29, 1.82) is 0 Å². The monoisotopic (exact) mass is 363 g/mol. The first-order chi connectivity index (χ1) is 11.9. The van der Waals surface area contributed by atoms with Crippen molar-refractivity contribution in [3.8, 4) is 0 Å². The van der Waals surface area contributed by atoms with Crippen LogP contribution < -0.4 is 5.73 Å². The lowest BCUT2D eigenvalue weighted by Gasteiger charge is -2.44. The molecule has 0 bridgehead atoms. The Hall–Kier alpha value is -1.90. The van der Waals surface area contributed by atoms with Gasteiger partial charge in [-0.05, 0) is 37.3 Å². The molecule has 1 spiro atoms. The third-order valence-corrected chi connectivity index (χ3v) is 7.28. The average molecular weight is 363 g/mol. The van der Waals surface area contributed by atoms with Crippen molar-refractivity contribution in [2.75, 3.05) is 25.4 Å². The minimum atomic E-state index is -3.72. The number of fused-ring (bicyclic) bond motifs is 2. The van der Waals surface area contributed by atoms with Crippen LogP contribution in [-0.4, -0.2) is 37.6 Å². The number of hydrogen-bond donors (Lipinski definition) is 1. The number of benzene rings is 1. The van der Waals surface area contributed by atoms with Crippen LogP contribution in [0.2, 0.25) is 0 Å². The Kier molecular flexibility index (Phi) is 3.86. The van der Waals surface area contributed by atoms with Crippen molar-refractivity contribution in [1.82, 2.24) is 9.46 Å². The normalized spacial score (nSPS) is 20.5. The highest BCUT2D eigenvalue weighted by Crippen LogP contribution is 2.42. The van der Waals surface area contributed by atoms with Crippen LogP contribution in [0.5, 0.6) is 0 Å². The highest BCUT2D eigenvalue weighted by Gasteiger charge is 2.44. The highest BCUT2D eigenvalue weighted by molar-refractivity contribution is 7.89. The molecular weight excluding hydrogens is 342 g/mol. The maximum absolute atomic E-state index is 12.9. The van der Waals surface area contributed by atoms with Crippen molar-refractivity contribution in [2.45, 2.75) is 36.7 Å². The minimum absolute atomic E-state index is 0.0200. The zero-order valence-corrected chi connectivity index (χ0v) is 14.9. The second kappa shape index (κ2) is 5.82. The fraction of sp³-hybridized carbons (Fsp3) is 0.471. The Labute approximate surface area is 146 Å². The number of nitrogen functional groups attached to an aromatic ring is 1. The quantitative estimate of drug-likeness (QED) is 0.874. The summed E-state index contributed by atoms with van der Waals surface area (Å²) in [6, 6.07) is 8.28. The Morgan fingerprint density at radius 3 is 2.64 bits per heavy atom. The number of anilines is 1. The number of sulfonamides is 1. The molecule has 0 amide bonds. The van der Waals surface area contributed by atoms with E-state index in [4.69, 9.17) is 15.0 Å². The van der Waals surface area contributed by atoms with Gasteiger partial charge in [0.05, 0.1) is 12.2 Å². The number of rotatable bonds is 2. The molecule has 2 aliphatic heterocycles. The molecule has 1 saturated heterocycles. The van der Waals surface area contributed by atoms with Gasteiger partial charge in [-0.2, -0.15) is 4.31 Å². The maximum atomic E-state index is 12.9. The fourth-order valence-electron chi connectivity index (χ4n) is 3.94. The van der Waals surface area contributed by atoms with Gasteiger partial charge in [0.2, 0.25) is 10.0 Å². The second-order valence-electron chi connectivity index (χ2n) is 6.61. The number of nitrogens with zero attached hydrogens (tertiary/aromatic N) is 2. The maximum Gasteiger partial charge on any atom is 0.250 e. The van der Waals surface area contributed by atoms with E-state index in [2.05, 4.69) is 17.3 Å². The summed E-state index contributed by atoms with van der Waals surface area (Å²) in [4.78, 5) is -0.0200. The molecule has 4 rings (SSSR count). The van der Waals surface area contributed by atoms with E-state index in [-0.39, 0.29) is 16.5 Å². The third kappa shape index (κ3) is 2.56. The van der Waals surface area contributed by atoms with E-state index in [0.717, 1.165) is 6.42 Å². The number of ether oxygens (including phenoxy) is 1. The zero-order chi connectivity index (χ0) is 17.7. The standard InChI is InChI=1S/C17H21N3O4S/c1-12-15(16(18)19-24-12)25(21,22)20-9-7-17(8-10-20)14-5-3-2-4-13(14)6-11-23-17/h2-5H,6-11H2,1H3,(H2,18,19). The van der Waals surface area contributed by atoms with Crippen LogP contribution in [0.4, 0.5) is 5.82 Å². The minimum Gasteiger partial charge on any atom is -0.380 e. The first-order valence-corrected chi connectivity index (χ1v) is 9.82. The number of aryl methyl sites for hydroxylation is 1. The number of piperidine rings is 1. The molecule has 1 aromatic heterocycles. The highest BCUT2D eigenvalue weighted by atomic mass is 32.2. The number of nitrogens with two attached hydrogens (primary N) is 1. The van der Waals surface area contributed by atoms with E-state index in [9.17, 15) is 8.42 Å². The lowest BCUT2D eigenvalue weighted by atomic mass is 9.80. The van der Waals surface area contributed by atoms with Gasteiger partial charge in [0.15, 0.2) is 16.5 Å². The number of hydrogen-bond acceptors (Lipinski definition) is 6. The molecule has 2 aliphatic rings. The average Bonchev–Trinajstić information content (AvgIpc) is 2.95. The third-order valence-electron chi connectivity index (χ3n) is 5.22. The van der Waals surface area contributed by atoms with E-state index in [1.807, 2.05) is 12.1 Å². The van der Waals surface area contributed by atoms with Crippen molar-refractivity contribution in [2.24, 2.45) is 0 Å². The smallest absolute Gasteiger partial charge is 0.250 e. The Balaban J connectivity index is 1.61. The second-order valence-corrected chi connectivity index (χ2v) is 8.48. The largest absolute Gasteiger partial charge is 0.380 e. The molecule has 3 heterocycles. The molecule has 134 valence electrons. The molecule has 2 N–H and O–H groups in total. The first kappa shape index (κ1) is 16.6. The van der Waals surface area contributed by atoms with E-state index < -0.39 is 15.6 Å². The summed E-state index contributed by atoms with van der Waals surface area (Å²) in [7, 11) is -3.72. The zero-order valence-electron chi connectivity index (χ0n) is 14.1. The summed E-state index contributed by atoms with van der Waals surface area (Å²) in [5, 5.41) is 3.56. The first-order valence-electron chi connectivity index (χ1n) is 8.38. The van der Waals surface area contributed by atoms with Crippen molar-refractivity contribution in [3.63, 3.8) is 0 Å². The molecular formula is C17H21N3O4S. The Bertz CT molecular complexity index is 879. The van der Waals surface area contributed by atoms with E-state index in [1.165, 1.54) is 15.4 Å². The predicted octanol–water partition coefficient (Wildman–Crippen LogP) is 1.82. The van der Waals surface area contributed by atoms with Gasteiger partial charge in [-0.25, -0.2) is 8.42 Å². The molecule has 25 heavy (non-hydrogen) atoms. The SMILES string of the molecule is Cc1onc(N)c1S(=O)(=O)N1CCC2(CC1)OCCc1ccccc12. The van der Waals surface area contributed by atoms with Gasteiger partial charge in [0, 0.05) is 13.1 Å². The molecule has 8 heteroatoms. The van der Waals surface area contributed by atoms with Crippen LogP contribution >= 0.6 is 0 Å². The van der Waals surface area contributed by atoms with E-state index in [0.29, 0.717) is 32.5 Å². The van der Waals surface area contributed by atoms with Crippen LogP contribution in [-0.2, 0) is 26.8 Å². The molecule has 0 saturated carbocycles. The summed E-state index contributed by atoms with van der Waals surface area (Å²) in [5.74, 6) is 0.133. The topological polar surface area (TPSA) is 98.7 Å². The molecule has 1 aromatic carbocycles. The summed E-state index contributed by atoms with van der Waals surface area (Å²) in [6.45, 7) is 2.98. The van der Waals surface area contributed by atoms with Gasteiger partial charge in [0.25, 0.3) is 0 Å². The van der Waals surface area contributed by atoms with Gasteiger partial charge >= 0.3 is 0 Å². The molecule has 0 aliphatic carbocycles. The molecule has 0 atom stereocenters. The van der Waals surface area contributed by atoms with Crippen LogP contribution in [0.15, 0.2) is 33.7 Å². The van der Waals surface area contributed by atoms with Gasteiger partial charge in [-0.3, -0.25) is 0 Å². The Morgan fingerprint density at radius 1 is 1.24 bits per heavy atom. The van der Waals surface area contributed by atoms with E-state index >= 15 is 0 Å². The summed E-state index contributed by atoms with van der Waals surface area (Å²) in [6.07, 6.45) is 2.14. The van der Waals surface area contributed by atoms with Gasteiger partial charge < -0.3 is 15.0 Å².